The molecule has 1 saturated carbocycles. The topological polar surface area (TPSA) is 29.1 Å². The van der Waals surface area contributed by atoms with Gasteiger partial charge in [0.15, 0.2) is 0 Å². The third-order valence-electron chi connectivity index (χ3n) is 3.25. The van der Waals surface area contributed by atoms with Crippen molar-refractivity contribution in [3.8, 4) is 0 Å². The lowest BCUT2D eigenvalue weighted by Gasteiger charge is -2.27. The molecule has 0 aliphatic heterocycles. The molecule has 1 N–H and O–H groups in total. The second-order valence-electron chi connectivity index (χ2n) is 4.23. The van der Waals surface area contributed by atoms with Gasteiger partial charge in [-0.1, -0.05) is 26.2 Å². The molecule has 82 valence electrons. The summed E-state index contributed by atoms with van der Waals surface area (Å²) in [5.41, 5.74) is 0. The van der Waals surface area contributed by atoms with Gasteiger partial charge >= 0.3 is 0 Å². The fourth-order valence-electron chi connectivity index (χ4n) is 2.15. The summed E-state index contributed by atoms with van der Waals surface area (Å²) in [5, 5.41) is 2.86. The third kappa shape index (κ3) is 3.87. The highest BCUT2D eigenvalue weighted by atomic mass is 35.5. The molecule has 2 nitrogen and oxygen atoms in total. The molecule has 0 aromatic rings. The van der Waals surface area contributed by atoms with Gasteiger partial charge < -0.3 is 5.32 Å². The summed E-state index contributed by atoms with van der Waals surface area (Å²) >= 11 is 5.40. The Morgan fingerprint density at radius 2 is 1.86 bits per heavy atom. The molecule has 0 spiro atoms. The lowest BCUT2D eigenvalue weighted by Crippen LogP contribution is -2.31. The largest absolute Gasteiger partial charge is 0.355 e. The van der Waals surface area contributed by atoms with Crippen LogP contribution in [0.25, 0.3) is 0 Å². The number of hydrogen-bond donors (Lipinski definition) is 1. The van der Waals surface area contributed by atoms with E-state index in [0.29, 0.717) is 5.92 Å². The van der Waals surface area contributed by atoms with Crippen molar-refractivity contribution in [2.24, 2.45) is 11.8 Å². The van der Waals surface area contributed by atoms with Crippen molar-refractivity contribution in [2.75, 3.05) is 12.4 Å². The van der Waals surface area contributed by atoms with E-state index in [2.05, 4.69) is 12.2 Å². The highest BCUT2D eigenvalue weighted by molar-refractivity contribution is 6.27. The quantitative estimate of drug-likeness (QED) is 0.721. The zero-order chi connectivity index (χ0) is 10.4. The second-order valence-corrected chi connectivity index (χ2v) is 4.50. The number of carbonyl (C=O) groups is 1. The van der Waals surface area contributed by atoms with Crippen molar-refractivity contribution in [2.45, 2.75) is 39.0 Å². The number of halogens is 1. The molecule has 0 radical (unpaired) electrons. The molecule has 1 amide bonds. The van der Waals surface area contributed by atoms with E-state index in [-0.39, 0.29) is 11.8 Å². The number of carbonyl (C=O) groups excluding carboxylic acids is 1. The van der Waals surface area contributed by atoms with Crippen LogP contribution in [0.15, 0.2) is 0 Å². The van der Waals surface area contributed by atoms with Crippen LogP contribution in [0.5, 0.6) is 0 Å². The number of hydrogen-bond acceptors (Lipinski definition) is 1. The Kier molecular flexibility index (Phi) is 5.31. The smallest absolute Gasteiger partial charge is 0.234 e. The Hall–Kier alpha value is -0.240. The van der Waals surface area contributed by atoms with Gasteiger partial charge in [-0.2, -0.15) is 0 Å². The van der Waals surface area contributed by atoms with E-state index in [1.165, 1.54) is 32.1 Å². The predicted molar refractivity (Wildman–Crippen MR) is 59.5 cm³/mol. The molecule has 1 aliphatic rings. The minimum absolute atomic E-state index is 0.0377. The van der Waals surface area contributed by atoms with Crippen LogP contribution in [0.3, 0.4) is 0 Å². The Morgan fingerprint density at radius 1 is 1.29 bits per heavy atom. The number of amides is 1. The summed E-state index contributed by atoms with van der Waals surface area (Å²) in [5.74, 6) is 1.66. The first-order valence-corrected chi connectivity index (χ1v) is 6.12. The van der Waals surface area contributed by atoms with E-state index in [1.54, 1.807) is 0 Å². The standard InChI is InChI=1S/C11H20ClNO/c1-2-9-3-5-10(6-4-9)8-13-11(14)7-12/h9-10H,2-8H2,1H3,(H,13,14). The molecule has 3 heteroatoms. The Labute approximate surface area is 91.4 Å². The van der Waals surface area contributed by atoms with E-state index in [1.807, 2.05) is 0 Å². The summed E-state index contributed by atoms with van der Waals surface area (Å²) in [4.78, 5) is 10.9. The van der Waals surface area contributed by atoms with Crippen LogP contribution >= 0.6 is 11.6 Å². The lowest BCUT2D eigenvalue weighted by molar-refractivity contribution is -0.118. The molecule has 0 saturated heterocycles. The average Bonchev–Trinajstić information content (AvgIpc) is 2.26. The molecule has 1 fully saturated rings. The van der Waals surface area contributed by atoms with Gasteiger partial charge in [0, 0.05) is 6.54 Å². The molecule has 0 bridgehead atoms. The maximum Gasteiger partial charge on any atom is 0.234 e. The van der Waals surface area contributed by atoms with Crippen LogP contribution in [0.2, 0.25) is 0 Å². The van der Waals surface area contributed by atoms with Crippen molar-refractivity contribution >= 4 is 17.5 Å². The number of rotatable bonds is 4. The zero-order valence-electron chi connectivity index (χ0n) is 8.89. The monoisotopic (exact) mass is 217 g/mol. The molecule has 0 aromatic carbocycles. The van der Waals surface area contributed by atoms with E-state index in [0.717, 1.165) is 12.5 Å². The fourth-order valence-corrected chi connectivity index (χ4v) is 2.24. The molecule has 0 unspecified atom stereocenters. The van der Waals surface area contributed by atoms with Gasteiger partial charge in [0.05, 0.1) is 0 Å². The third-order valence-corrected chi connectivity index (χ3v) is 3.50. The highest BCUT2D eigenvalue weighted by Gasteiger charge is 2.19. The Balaban J connectivity index is 2.13. The number of alkyl halides is 1. The van der Waals surface area contributed by atoms with Crippen molar-refractivity contribution in [3.05, 3.63) is 0 Å². The second kappa shape index (κ2) is 6.28. The van der Waals surface area contributed by atoms with Crippen LogP contribution in [-0.2, 0) is 4.79 Å². The van der Waals surface area contributed by atoms with Gasteiger partial charge in [-0.3, -0.25) is 4.79 Å². The molecule has 14 heavy (non-hydrogen) atoms. The van der Waals surface area contributed by atoms with Gasteiger partial charge in [0.2, 0.25) is 5.91 Å². The lowest BCUT2D eigenvalue weighted by atomic mass is 9.81. The number of nitrogens with one attached hydrogen (secondary N) is 1. The molecular formula is C11H20ClNO. The van der Waals surface area contributed by atoms with E-state index >= 15 is 0 Å². The minimum Gasteiger partial charge on any atom is -0.355 e. The maximum atomic E-state index is 10.9. The maximum absolute atomic E-state index is 10.9. The fraction of sp³-hybridized carbons (Fsp3) is 0.909. The molecule has 1 rings (SSSR count). The normalized spacial score (nSPS) is 27.3. The first-order chi connectivity index (χ1) is 6.76. The zero-order valence-corrected chi connectivity index (χ0v) is 9.65. The summed E-state index contributed by atoms with van der Waals surface area (Å²) in [6, 6.07) is 0. The SMILES string of the molecule is CCC1CCC(CNC(=O)CCl)CC1. The summed E-state index contributed by atoms with van der Waals surface area (Å²) in [6.07, 6.45) is 6.50. The van der Waals surface area contributed by atoms with Crippen LogP contribution in [0, 0.1) is 11.8 Å². The van der Waals surface area contributed by atoms with E-state index < -0.39 is 0 Å². The summed E-state index contributed by atoms with van der Waals surface area (Å²) in [7, 11) is 0. The molecule has 1 aliphatic carbocycles. The van der Waals surface area contributed by atoms with Crippen molar-refractivity contribution < 1.29 is 4.79 Å². The van der Waals surface area contributed by atoms with E-state index in [9.17, 15) is 4.79 Å². The van der Waals surface area contributed by atoms with Crippen LogP contribution in [0.1, 0.15) is 39.0 Å². The van der Waals surface area contributed by atoms with Gasteiger partial charge in [0.1, 0.15) is 5.88 Å². The van der Waals surface area contributed by atoms with Crippen LogP contribution < -0.4 is 5.32 Å². The molecule has 0 atom stereocenters. The first-order valence-electron chi connectivity index (χ1n) is 5.59. The summed E-state index contributed by atoms with van der Waals surface area (Å²) < 4.78 is 0. The van der Waals surface area contributed by atoms with Gasteiger partial charge in [-0.25, -0.2) is 0 Å². The molecule has 0 heterocycles. The van der Waals surface area contributed by atoms with E-state index in [4.69, 9.17) is 11.6 Å². The Bertz CT molecular complexity index is 176. The van der Waals surface area contributed by atoms with Crippen molar-refractivity contribution in [1.29, 1.82) is 0 Å². The Morgan fingerprint density at radius 3 is 2.36 bits per heavy atom. The average molecular weight is 218 g/mol. The van der Waals surface area contributed by atoms with Crippen LogP contribution in [0.4, 0.5) is 0 Å². The molecule has 0 aromatic heterocycles. The minimum atomic E-state index is -0.0377. The van der Waals surface area contributed by atoms with Crippen molar-refractivity contribution in [3.63, 3.8) is 0 Å². The highest BCUT2D eigenvalue weighted by Crippen LogP contribution is 2.29. The predicted octanol–water partition coefficient (Wildman–Crippen LogP) is 2.56. The first kappa shape index (κ1) is 11.8. The van der Waals surface area contributed by atoms with Crippen molar-refractivity contribution in [1.82, 2.24) is 5.32 Å². The summed E-state index contributed by atoms with van der Waals surface area (Å²) in [6.45, 7) is 3.09. The van der Waals surface area contributed by atoms with Gasteiger partial charge in [-0.05, 0) is 24.7 Å². The van der Waals surface area contributed by atoms with Gasteiger partial charge in [-0.15, -0.1) is 11.6 Å². The van der Waals surface area contributed by atoms with Gasteiger partial charge in [0.25, 0.3) is 0 Å². The molecular weight excluding hydrogens is 198 g/mol. The van der Waals surface area contributed by atoms with Crippen LogP contribution in [-0.4, -0.2) is 18.3 Å².